The number of methoxy groups -OCH3 is 1. The molecule has 4 nitrogen and oxygen atoms in total. The highest BCUT2D eigenvalue weighted by Crippen LogP contribution is 2.37. The highest BCUT2D eigenvalue weighted by molar-refractivity contribution is 6.30. The first-order valence-electron chi connectivity index (χ1n) is 9.65. The van der Waals surface area contributed by atoms with Crippen LogP contribution in [0.25, 0.3) is 27.7 Å². The molecule has 0 aliphatic carbocycles. The van der Waals surface area contributed by atoms with Gasteiger partial charge in [0.05, 0.1) is 13.4 Å². The van der Waals surface area contributed by atoms with Crippen LogP contribution in [0.3, 0.4) is 0 Å². The Balaban J connectivity index is 1.69. The molecule has 0 spiro atoms. The van der Waals surface area contributed by atoms with E-state index in [1.165, 1.54) is 19.3 Å². The number of hydrogen-bond acceptors (Lipinski definition) is 3. The van der Waals surface area contributed by atoms with Gasteiger partial charge in [0.25, 0.3) is 0 Å². The molecule has 0 aliphatic heterocycles. The fraction of sp³-hybridized carbons (Fsp3) is 0.0800. The summed E-state index contributed by atoms with van der Waals surface area (Å²) in [7, 11) is 1.53. The molecule has 0 bridgehead atoms. The molecule has 162 valence electrons. The van der Waals surface area contributed by atoms with Gasteiger partial charge in [0.1, 0.15) is 11.3 Å². The van der Waals surface area contributed by atoms with Crippen molar-refractivity contribution in [2.24, 2.45) is 0 Å². The van der Waals surface area contributed by atoms with Crippen molar-refractivity contribution in [3.05, 3.63) is 89.2 Å². The number of ether oxygens (including phenoxy) is 1. The molecule has 1 N–H and O–H groups in total. The third kappa shape index (κ3) is 4.36. The van der Waals surface area contributed by atoms with Crippen LogP contribution in [0.1, 0.15) is 12.5 Å². The lowest BCUT2D eigenvalue weighted by Gasteiger charge is -2.10. The van der Waals surface area contributed by atoms with Gasteiger partial charge in [-0.2, -0.15) is 0 Å². The quantitative estimate of drug-likeness (QED) is 0.328. The molecule has 0 saturated heterocycles. The molecular weight excluding hydrogens is 436 g/mol. The number of furan rings is 1. The van der Waals surface area contributed by atoms with E-state index in [9.17, 15) is 13.6 Å². The summed E-state index contributed by atoms with van der Waals surface area (Å²) >= 11 is 6.00. The zero-order valence-electron chi connectivity index (χ0n) is 17.2. The number of hydrogen-bond donors (Lipinski definition) is 1. The highest BCUT2D eigenvalue weighted by Gasteiger charge is 2.15. The van der Waals surface area contributed by atoms with Gasteiger partial charge < -0.3 is 14.5 Å². The molecule has 1 amide bonds. The van der Waals surface area contributed by atoms with E-state index >= 15 is 0 Å². The van der Waals surface area contributed by atoms with Gasteiger partial charge in [0.15, 0.2) is 11.6 Å². The zero-order valence-corrected chi connectivity index (χ0v) is 18.0. The number of fused-ring (bicyclic) bond motifs is 1. The van der Waals surface area contributed by atoms with Crippen LogP contribution in [-0.2, 0) is 4.79 Å². The van der Waals surface area contributed by atoms with Crippen molar-refractivity contribution in [2.45, 2.75) is 6.92 Å². The number of allylic oxidation sites excluding steroid dienone is 1. The van der Waals surface area contributed by atoms with Crippen LogP contribution in [0.4, 0.5) is 14.5 Å². The maximum atomic E-state index is 13.4. The van der Waals surface area contributed by atoms with Crippen LogP contribution in [0.5, 0.6) is 5.75 Å². The molecule has 0 radical (unpaired) electrons. The lowest BCUT2D eigenvalue weighted by Crippen LogP contribution is -2.09. The molecule has 0 fully saturated rings. The Morgan fingerprint density at radius 1 is 1.06 bits per heavy atom. The summed E-state index contributed by atoms with van der Waals surface area (Å²) in [6, 6.07) is 14.2. The lowest BCUT2D eigenvalue weighted by molar-refractivity contribution is -0.111. The Morgan fingerprint density at radius 3 is 2.50 bits per heavy atom. The Morgan fingerprint density at radius 2 is 1.81 bits per heavy atom. The molecular formula is C25H18ClF2NO3. The van der Waals surface area contributed by atoms with Gasteiger partial charge in [0.2, 0.25) is 5.91 Å². The highest BCUT2D eigenvalue weighted by atomic mass is 35.5. The molecule has 1 aromatic heterocycles. The van der Waals surface area contributed by atoms with Crippen molar-refractivity contribution in [3.63, 3.8) is 0 Å². The van der Waals surface area contributed by atoms with E-state index in [1.54, 1.807) is 31.4 Å². The Labute approximate surface area is 188 Å². The number of benzene rings is 3. The van der Waals surface area contributed by atoms with Crippen molar-refractivity contribution >= 4 is 39.7 Å². The first kappa shape index (κ1) is 21.6. The van der Waals surface area contributed by atoms with Gasteiger partial charge in [-0.25, -0.2) is 8.78 Å². The Kier molecular flexibility index (Phi) is 5.97. The summed E-state index contributed by atoms with van der Waals surface area (Å²) in [6.45, 7) is 1.76. The van der Waals surface area contributed by atoms with Gasteiger partial charge in [-0.15, -0.1) is 0 Å². The minimum atomic E-state index is -1.04. The molecule has 0 saturated carbocycles. The third-order valence-electron chi connectivity index (χ3n) is 5.01. The second-order valence-corrected chi connectivity index (χ2v) is 7.59. The normalized spacial score (nSPS) is 11.6. The van der Waals surface area contributed by atoms with Gasteiger partial charge >= 0.3 is 0 Å². The van der Waals surface area contributed by atoms with Crippen LogP contribution >= 0.6 is 11.6 Å². The average molecular weight is 454 g/mol. The molecule has 4 rings (SSSR count). The molecule has 0 aliphatic rings. The molecule has 1 heterocycles. The monoisotopic (exact) mass is 453 g/mol. The SMILES string of the molecule is COc1cc2occ(-c3ccc(Cl)cc3)c2cc1/C(C)=C/C(=O)Nc1ccc(F)c(F)c1. The van der Waals surface area contributed by atoms with E-state index in [0.717, 1.165) is 28.6 Å². The molecule has 32 heavy (non-hydrogen) atoms. The summed E-state index contributed by atoms with van der Waals surface area (Å²) in [5.41, 5.74) is 3.90. The predicted octanol–water partition coefficient (Wildman–Crippen LogP) is 7.08. The largest absolute Gasteiger partial charge is 0.496 e. The second kappa shape index (κ2) is 8.85. The van der Waals surface area contributed by atoms with Crippen molar-refractivity contribution < 1.29 is 22.7 Å². The van der Waals surface area contributed by atoms with Crippen LogP contribution in [0.15, 0.2) is 71.4 Å². The number of carbonyl (C=O) groups is 1. The minimum Gasteiger partial charge on any atom is -0.496 e. The molecule has 0 atom stereocenters. The van der Waals surface area contributed by atoms with E-state index in [4.69, 9.17) is 20.8 Å². The van der Waals surface area contributed by atoms with Gasteiger partial charge in [-0.05, 0) is 48.4 Å². The molecule has 3 aromatic carbocycles. The van der Waals surface area contributed by atoms with Gasteiger partial charge in [-0.1, -0.05) is 23.7 Å². The van der Waals surface area contributed by atoms with E-state index in [-0.39, 0.29) is 5.69 Å². The van der Waals surface area contributed by atoms with Crippen molar-refractivity contribution in [1.82, 2.24) is 0 Å². The summed E-state index contributed by atoms with van der Waals surface area (Å²) in [5.74, 6) is -1.97. The molecule has 7 heteroatoms. The number of amides is 1. The summed E-state index contributed by atoms with van der Waals surface area (Å²) in [5, 5.41) is 4.01. The van der Waals surface area contributed by atoms with Crippen molar-refractivity contribution in [2.75, 3.05) is 12.4 Å². The summed E-state index contributed by atoms with van der Waals surface area (Å²) in [6.07, 6.45) is 3.03. The fourth-order valence-corrected chi connectivity index (χ4v) is 3.54. The van der Waals surface area contributed by atoms with E-state index in [0.29, 0.717) is 27.5 Å². The summed E-state index contributed by atoms with van der Waals surface area (Å²) in [4.78, 5) is 12.5. The Hall–Kier alpha value is -3.64. The first-order chi connectivity index (χ1) is 15.4. The van der Waals surface area contributed by atoms with Crippen molar-refractivity contribution in [3.8, 4) is 16.9 Å². The molecule has 4 aromatic rings. The lowest BCUT2D eigenvalue weighted by atomic mass is 9.99. The number of rotatable bonds is 5. The van der Waals surface area contributed by atoms with Crippen LogP contribution in [0.2, 0.25) is 5.02 Å². The fourth-order valence-electron chi connectivity index (χ4n) is 3.41. The second-order valence-electron chi connectivity index (χ2n) is 7.15. The standard InChI is InChI=1S/C25H18ClF2NO3/c1-14(9-25(30)29-17-7-8-21(27)22(28)10-17)18-11-19-20(15-3-5-16(26)6-4-15)13-32-24(19)12-23(18)31-2/h3-13H,1-2H3,(H,29,30)/b14-9+. The number of nitrogens with one attached hydrogen (secondary N) is 1. The van der Waals surface area contributed by atoms with Crippen molar-refractivity contribution in [1.29, 1.82) is 0 Å². The Bertz CT molecular complexity index is 1340. The van der Waals surface area contributed by atoms with E-state index in [1.807, 2.05) is 18.2 Å². The average Bonchev–Trinajstić information content (AvgIpc) is 3.18. The maximum absolute atomic E-state index is 13.4. The van der Waals surface area contributed by atoms with E-state index < -0.39 is 17.5 Å². The van der Waals surface area contributed by atoms with Crippen LogP contribution in [-0.4, -0.2) is 13.0 Å². The smallest absolute Gasteiger partial charge is 0.248 e. The molecule has 0 unspecified atom stereocenters. The first-order valence-corrected chi connectivity index (χ1v) is 10.0. The third-order valence-corrected chi connectivity index (χ3v) is 5.26. The minimum absolute atomic E-state index is 0.153. The zero-order chi connectivity index (χ0) is 22.8. The summed E-state index contributed by atoms with van der Waals surface area (Å²) < 4.78 is 37.7. The van der Waals surface area contributed by atoms with Gasteiger partial charge in [0, 0.05) is 45.4 Å². The maximum Gasteiger partial charge on any atom is 0.248 e. The van der Waals surface area contributed by atoms with Gasteiger partial charge in [-0.3, -0.25) is 4.79 Å². The number of anilines is 1. The van der Waals surface area contributed by atoms with E-state index in [2.05, 4.69) is 5.32 Å². The number of halogens is 3. The van der Waals surface area contributed by atoms with Crippen LogP contribution < -0.4 is 10.1 Å². The number of carbonyl (C=O) groups excluding carboxylic acids is 1. The van der Waals surface area contributed by atoms with Crippen LogP contribution in [0, 0.1) is 11.6 Å². The topological polar surface area (TPSA) is 51.5 Å². The predicted molar refractivity (Wildman–Crippen MR) is 122 cm³/mol.